The summed E-state index contributed by atoms with van der Waals surface area (Å²) >= 11 is 0. The zero-order valence-corrected chi connectivity index (χ0v) is 12.8. The number of carbonyl (C=O) groups is 2. The van der Waals surface area contributed by atoms with Gasteiger partial charge in [0.2, 0.25) is 5.91 Å². The molecule has 0 aromatic heterocycles. The van der Waals surface area contributed by atoms with Gasteiger partial charge in [0, 0.05) is 51.0 Å². The minimum Gasteiger partial charge on any atom is -0.340 e. The van der Waals surface area contributed by atoms with Crippen LogP contribution in [0.4, 0.5) is 0 Å². The van der Waals surface area contributed by atoms with Gasteiger partial charge in [-0.15, -0.1) is 0 Å². The molecule has 0 saturated carbocycles. The predicted molar refractivity (Wildman–Crippen MR) is 77.0 cm³/mol. The van der Waals surface area contributed by atoms with Crippen LogP contribution < -0.4 is 0 Å². The molecule has 0 N–H and O–H groups in total. The van der Waals surface area contributed by atoms with E-state index < -0.39 is 0 Å². The topological polar surface area (TPSA) is 40.6 Å². The summed E-state index contributed by atoms with van der Waals surface area (Å²) in [6.45, 7) is 11.8. The van der Waals surface area contributed by atoms with E-state index in [2.05, 4.69) is 18.7 Å². The molecule has 0 aromatic rings. The quantitative estimate of drug-likeness (QED) is 0.739. The van der Waals surface area contributed by atoms with Crippen molar-refractivity contribution in [1.29, 1.82) is 0 Å². The van der Waals surface area contributed by atoms with Gasteiger partial charge in [-0.1, -0.05) is 13.8 Å². The van der Waals surface area contributed by atoms with Gasteiger partial charge in [-0.3, -0.25) is 14.5 Å². The number of ketones is 1. The molecule has 1 aliphatic rings. The molecule has 1 heterocycles. The highest BCUT2D eigenvalue weighted by Crippen LogP contribution is 2.10. The van der Waals surface area contributed by atoms with Crippen LogP contribution in [-0.2, 0) is 9.59 Å². The van der Waals surface area contributed by atoms with Gasteiger partial charge in [0.25, 0.3) is 0 Å². The molecule has 0 bridgehead atoms. The van der Waals surface area contributed by atoms with E-state index in [0.717, 1.165) is 26.2 Å². The first-order valence-electron chi connectivity index (χ1n) is 7.46. The Morgan fingerprint density at radius 1 is 0.947 bits per heavy atom. The second kappa shape index (κ2) is 7.63. The van der Waals surface area contributed by atoms with Crippen molar-refractivity contribution in [3.63, 3.8) is 0 Å². The molecule has 1 fully saturated rings. The van der Waals surface area contributed by atoms with E-state index in [9.17, 15) is 9.59 Å². The zero-order valence-electron chi connectivity index (χ0n) is 12.8. The summed E-state index contributed by atoms with van der Waals surface area (Å²) in [6, 6.07) is 0.556. The predicted octanol–water partition coefficient (Wildman–Crippen LogP) is 1.93. The maximum atomic E-state index is 12.0. The van der Waals surface area contributed by atoms with Crippen LogP contribution in [0, 0.1) is 5.92 Å². The third-order valence-corrected chi connectivity index (χ3v) is 3.86. The number of Topliss-reactive ketones (excluding diaryl/α,β-unsaturated/α-hetero) is 1. The average molecular weight is 268 g/mol. The molecule has 0 aliphatic carbocycles. The second-order valence-corrected chi connectivity index (χ2v) is 5.99. The van der Waals surface area contributed by atoms with Crippen LogP contribution in [0.25, 0.3) is 0 Å². The number of hydrogen-bond donors (Lipinski definition) is 0. The molecule has 1 amide bonds. The first-order chi connectivity index (χ1) is 8.91. The van der Waals surface area contributed by atoms with Gasteiger partial charge in [0.05, 0.1) is 0 Å². The van der Waals surface area contributed by atoms with Crippen molar-refractivity contribution < 1.29 is 9.59 Å². The van der Waals surface area contributed by atoms with Crippen molar-refractivity contribution in [3.8, 4) is 0 Å². The molecule has 1 saturated heterocycles. The molecule has 110 valence electrons. The second-order valence-electron chi connectivity index (χ2n) is 5.99. The normalized spacial score (nSPS) is 17.3. The number of nitrogens with zero attached hydrogens (tertiary/aromatic N) is 2. The van der Waals surface area contributed by atoms with Crippen LogP contribution >= 0.6 is 0 Å². The van der Waals surface area contributed by atoms with Crippen LogP contribution in [0.15, 0.2) is 0 Å². The van der Waals surface area contributed by atoms with Crippen LogP contribution in [0.5, 0.6) is 0 Å². The molecule has 0 aromatic carbocycles. The monoisotopic (exact) mass is 268 g/mol. The summed E-state index contributed by atoms with van der Waals surface area (Å²) in [4.78, 5) is 27.8. The Kier molecular flexibility index (Phi) is 6.49. The van der Waals surface area contributed by atoms with Gasteiger partial charge in [-0.2, -0.15) is 0 Å². The lowest BCUT2D eigenvalue weighted by molar-refractivity contribution is -0.133. The molecular weight excluding hydrogens is 240 g/mol. The molecule has 0 unspecified atom stereocenters. The lowest BCUT2D eigenvalue weighted by atomic mass is 10.0. The lowest BCUT2D eigenvalue weighted by Crippen LogP contribution is -2.50. The summed E-state index contributed by atoms with van der Waals surface area (Å²) in [5, 5.41) is 0. The fraction of sp³-hybridized carbons (Fsp3) is 0.867. The molecule has 1 rings (SSSR count). The number of hydrogen-bond acceptors (Lipinski definition) is 3. The van der Waals surface area contributed by atoms with Gasteiger partial charge >= 0.3 is 0 Å². The van der Waals surface area contributed by atoms with E-state index in [1.807, 2.05) is 18.7 Å². The van der Waals surface area contributed by atoms with Crippen LogP contribution in [-0.4, -0.2) is 53.7 Å². The summed E-state index contributed by atoms with van der Waals surface area (Å²) < 4.78 is 0. The van der Waals surface area contributed by atoms with Crippen LogP contribution in [0.2, 0.25) is 0 Å². The van der Waals surface area contributed by atoms with E-state index >= 15 is 0 Å². The maximum absolute atomic E-state index is 12.0. The van der Waals surface area contributed by atoms with Crippen molar-refractivity contribution in [3.05, 3.63) is 0 Å². The van der Waals surface area contributed by atoms with Crippen LogP contribution in [0.1, 0.15) is 47.0 Å². The molecule has 4 nitrogen and oxygen atoms in total. The minimum absolute atomic E-state index is 0.0877. The van der Waals surface area contributed by atoms with E-state index in [1.54, 1.807) is 0 Å². The third kappa shape index (κ3) is 5.31. The van der Waals surface area contributed by atoms with E-state index in [-0.39, 0.29) is 17.6 Å². The van der Waals surface area contributed by atoms with Gasteiger partial charge in [-0.05, 0) is 20.3 Å². The highest BCUT2D eigenvalue weighted by Gasteiger charge is 2.22. The summed E-state index contributed by atoms with van der Waals surface area (Å²) in [5.74, 6) is 0.557. The van der Waals surface area contributed by atoms with Gasteiger partial charge < -0.3 is 4.90 Å². The van der Waals surface area contributed by atoms with Crippen molar-refractivity contribution in [1.82, 2.24) is 9.80 Å². The molecule has 0 atom stereocenters. The first kappa shape index (κ1) is 16.2. The van der Waals surface area contributed by atoms with Crippen molar-refractivity contribution >= 4 is 11.7 Å². The Morgan fingerprint density at radius 2 is 1.53 bits per heavy atom. The molecule has 0 radical (unpaired) electrons. The van der Waals surface area contributed by atoms with Crippen molar-refractivity contribution in [2.75, 3.05) is 26.2 Å². The Hall–Kier alpha value is -0.900. The number of rotatable bonds is 6. The number of carbonyl (C=O) groups excluding carboxylic acids is 2. The third-order valence-electron chi connectivity index (χ3n) is 3.86. The van der Waals surface area contributed by atoms with Crippen molar-refractivity contribution in [2.45, 2.75) is 53.0 Å². The van der Waals surface area contributed by atoms with Crippen molar-refractivity contribution in [2.24, 2.45) is 5.92 Å². The molecular formula is C15H28N2O2. The molecule has 1 aliphatic heterocycles. The van der Waals surface area contributed by atoms with Gasteiger partial charge in [0.1, 0.15) is 5.78 Å². The number of amides is 1. The lowest BCUT2D eigenvalue weighted by Gasteiger charge is -2.37. The van der Waals surface area contributed by atoms with Crippen LogP contribution in [0.3, 0.4) is 0 Å². The van der Waals surface area contributed by atoms with Gasteiger partial charge in [0.15, 0.2) is 0 Å². The fourth-order valence-corrected chi connectivity index (χ4v) is 2.35. The van der Waals surface area contributed by atoms with E-state index in [0.29, 0.717) is 25.3 Å². The zero-order chi connectivity index (χ0) is 14.4. The summed E-state index contributed by atoms with van der Waals surface area (Å²) in [7, 11) is 0. The standard InChI is InChI=1S/C15H28N2O2/c1-12(2)14(18)6-5-7-15(19)17-10-8-16(9-11-17)13(3)4/h12-13H,5-11H2,1-4H3. The first-order valence-corrected chi connectivity index (χ1v) is 7.46. The Balaban J connectivity index is 2.23. The Morgan fingerprint density at radius 3 is 2.00 bits per heavy atom. The highest BCUT2D eigenvalue weighted by atomic mass is 16.2. The number of piperazine rings is 1. The maximum Gasteiger partial charge on any atom is 0.222 e. The van der Waals surface area contributed by atoms with Gasteiger partial charge in [-0.25, -0.2) is 0 Å². The molecule has 19 heavy (non-hydrogen) atoms. The van der Waals surface area contributed by atoms with E-state index in [1.165, 1.54) is 0 Å². The van der Waals surface area contributed by atoms with E-state index in [4.69, 9.17) is 0 Å². The largest absolute Gasteiger partial charge is 0.340 e. The summed E-state index contributed by atoms with van der Waals surface area (Å²) in [6.07, 6.45) is 1.75. The average Bonchev–Trinajstić information content (AvgIpc) is 2.38. The summed E-state index contributed by atoms with van der Waals surface area (Å²) in [5.41, 5.74) is 0. The molecule has 0 spiro atoms. The SMILES string of the molecule is CC(C)C(=O)CCCC(=O)N1CCN(C(C)C)CC1. The molecule has 4 heteroatoms. The fourth-order valence-electron chi connectivity index (χ4n) is 2.35. The minimum atomic E-state index is 0.0877. The highest BCUT2D eigenvalue weighted by molar-refractivity contribution is 5.81. The smallest absolute Gasteiger partial charge is 0.222 e. The Bertz CT molecular complexity index is 305. The Labute approximate surface area is 117 Å².